The van der Waals surface area contributed by atoms with Crippen molar-refractivity contribution < 1.29 is 4.79 Å². The Balaban J connectivity index is 2.75. The van der Waals surface area contributed by atoms with Crippen molar-refractivity contribution in [3.63, 3.8) is 0 Å². The maximum Gasteiger partial charge on any atom is 0.255 e. The van der Waals surface area contributed by atoms with E-state index in [1.54, 1.807) is 26.2 Å². The minimum Gasteiger partial charge on any atom is -0.340 e. The van der Waals surface area contributed by atoms with Crippen LogP contribution in [-0.4, -0.2) is 29.4 Å². The highest BCUT2D eigenvalue weighted by atomic mass is 79.9. The summed E-state index contributed by atoms with van der Waals surface area (Å²) in [7, 11) is 1.68. The zero-order valence-electron chi connectivity index (χ0n) is 9.14. The summed E-state index contributed by atoms with van der Waals surface area (Å²) in [5, 5.41) is 8.67. The van der Waals surface area contributed by atoms with E-state index in [0.29, 0.717) is 12.1 Å². The summed E-state index contributed by atoms with van der Waals surface area (Å²) in [6, 6.07) is 3.81. The molecule has 16 heavy (non-hydrogen) atoms. The van der Waals surface area contributed by atoms with Gasteiger partial charge in [-0.2, -0.15) is 5.26 Å². The first-order valence-electron chi connectivity index (χ1n) is 4.80. The van der Waals surface area contributed by atoms with E-state index in [1.165, 1.54) is 11.1 Å². The molecule has 1 aromatic rings. The van der Waals surface area contributed by atoms with Crippen LogP contribution in [0.4, 0.5) is 0 Å². The van der Waals surface area contributed by atoms with Gasteiger partial charge in [0, 0.05) is 30.5 Å². The van der Waals surface area contributed by atoms with Gasteiger partial charge in [0.05, 0.1) is 17.6 Å². The number of hydrogen-bond acceptors (Lipinski definition) is 3. The number of carbonyl (C=O) groups excluding carboxylic acids is 1. The van der Waals surface area contributed by atoms with Gasteiger partial charge in [-0.25, -0.2) is 0 Å². The second kappa shape index (κ2) is 5.61. The first-order chi connectivity index (χ1) is 7.54. The minimum absolute atomic E-state index is 0.129. The van der Waals surface area contributed by atoms with Crippen molar-refractivity contribution in [2.45, 2.75) is 6.92 Å². The first kappa shape index (κ1) is 12.7. The molecule has 0 aromatic carbocycles. The number of rotatable bonds is 3. The molecule has 0 N–H and O–H groups in total. The van der Waals surface area contributed by atoms with Gasteiger partial charge >= 0.3 is 0 Å². The Morgan fingerprint density at radius 2 is 2.38 bits per heavy atom. The van der Waals surface area contributed by atoms with E-state index in [2.05, 4.69) is 27.0 Å². The normalized spacial score (nSPS) is 11.6. The molecule has 1 amide bonds. The largest absolute Gasteiger partial charge is 0.340 e. The molecule has 0 saturated carbocycles. The predicted molar refractivity (Wildman–Crippen MR) is 63.7 cm³/mol. The molecule has 1 unspecified atom stereocenters. The second-order valence-electron chi connectivity index (χ2n) is 3.61. The molecule has 84 valence electrons. The predicted octanol–water partition coefficient (Wildman–Crippen LogP) is 2.08. The third-order valence-corrected chi connectivity index (χ3v) is 2.50. The van der Waals surface area contributed by atoms with Gasteiger partial charge in [0.15, 0.2) is 0 Å². The number of amides is 1. The maximum atomic E-state index is 11.9. The molecule has 0 aliphatic rings. The van der Waals surface area contributed by atoms with Crippen molar-refractivity contribution in [2.24, 2.45) is 5.92 Å². The van der Waals surface area contributed by atoms with Gasteiger partial charge in [-0.3, -0.25) is 9.78 Å². The molecule has 0 saturated heterocycles. The first-order valence-corrected chi connectivity index (χ1v) is 5.59. The average Bonchev–Trinajstić information content (AvgIpc) is 2.27. The van der Waals surface area contributed by atoms with Crippen LogP contribution in [0, 0.1) is 17.2 Å². The smallest absolute Gasteiger partial charge is 0.255 e. The zero-order chi connectivity index (χ0) is 12.1. The van der Waals surface area contributed by atoms with E-state index < -0.39 is 0 Å². The lowest BCUT2D eigenvalue weighted by atomic mass is 10.2. The maximum absolute atomic E-state index is 11.9. The van der Waals surface area contributed by atoms with Crippen LogP contribution in [0.1, 0.15) is 17.3 Å². The molecule has 1 heterocycles. The van der Waals surface area contributed by atoms with Crippen molar-refractivity contribution in [3.05, 3.63) is 28.5 Å². The van der Waals surface area contributed by atoms with Gasteiger partial charge in [-0.15, -0.1) is 0 Å². The van der Waals surface area contributed by atoms with Crippen molar-refractivity contribution >= 4 is 21.8 Å². The second-order valence-corrected chi connectivity index (χ2v) is 4.52. The third-order valence-electron chi connectivity index (χ3n) is 2.07. The van der Waals surface area contributed by atoms with Gasteiger partial charge in [0.25, 0.3) is 5.91 Å². The Kier molecular flexibility index (Phi) is 4.44. The Labute approximate surface area is 103 Å². The van der Waals surface area contributed by atoms with Gasteiger partial charge in [-0.05, 0) is 28.9 Å². The molecule has 0 spiro atoms. The fourth-order valence-corrected chi connectivity index (χ4v) is 1.65. The lowest BCUT2D eigenvalue weighted by molar-refractivity contribution is 0.0784. The standard InChI is InChI=1S/C11H12BrN3O/c1-8(4-13)7-15(2)11(16)9-3-10(12)6-14-5-9/h3,5-6,8H,7H2,1-2H3. The fraction of sp³-hybridized carbons (Fsp3) is 0.364. The Hall–Kier alpha value is -1.41. The number of pyridine rings is 1. The number of aromatic nitrogens is 1. The number of halogens is 1. The van der Waals surface area contributed by atoms with Crippen LogP contribution < -0.4 is 0 Å². The van der Waals surface area contributed by atoms with Crippen LogP contribution in [0.5, 0.6) is 0 Å². The summed E-state index contributed by atoms with van der Waals surface area (Å²) >= 11 is 3.26. The third kappa shape index (κ3) is 3.31. The Morgan fingerprint density at radius 1 is 1.69 bits per heavy atom. The summed E-state index contributed by atoms with van der Waals surface area (Å²) < 4.78 is 0.764. The van der Waals surface area contributed by atoms with Gasteiger partial charge < -0.3 is 4.90 Å². The van der Waals surface area contributed by atoms with E-state index in [4.69, 9.17) is 5.26 Å². The van der Waals surface area contributed by atoms with Crippen LogP contribution in [0.3, 0.4) is 0 Å². The Bertz CT molecular complexity index is 427. The molecule has 5 heteroatoms. The van der Waals surface area contributed by atoms with E-state index in [9.17, 15) is 4.79 Å². The quantitative estimate of drug-likeness (QED) is 0.852. The summed E-state index contributed by atoms with van der Waals surface area (Å²) in [4.78, 5) is 17.4. The van der Waals surface area contributed by atoms with Crippen LogP contribution in [0.2, 0.25) is 0 Å². The van der Waals surface area contributed by atoms with E-state index in [-0.39, 0.29) is 11.8 Å². The van der Waals surface area contributed by atoms with Gasteiger partial charge in [0.1, 0.15) is 0 Å². The minimum atomic E-state index is -0.172. The highest BCUT2D eigenvalue weighted by molar-refractivity contribution is 9.10. The summed E-state index contributed by atoms with van der Waals surface area (Å²) in [6.07, 6.45) is 3.13. The molecule has 1 atom stereocenters. The molecule has 0 bridgehead atoms. The Morgan fingerprint density at radius 3 is 2.94 bits per heavy atom. The summed E-state index contributed by atoms with van der Waals surface area (Å²) in [6.45, 7) is 2.20. The summed E-state index contributed by atoms with van der Waals surface area (Å²) in [5.41, 5.74) is 0.516. The summed E-state index contributed by atoms with van der Waals surface area (Å²) in [5.74, 6) is -0.301. The molecule has 0 aliphatic heterocycles. The zero-order valence-corrected chi connectivity index (χ0v) is 10.7. The lowest BCUT2D eigenvalue weighted by Gasteiger charge is -2.18. The van der Waals surface area contributed by atoms with Crippen LogP contribution in [0.25, 0.3) is 0 Å². The molecule has 0 radical (unpaired) electrons. The van der Waals surface area contributed by atoms with Crippen LogP contribution >= 0.6 is 15.9 Å². The topological polar surface area (TPSA) is 57.0 Å². The lowest BCUT2D eigenvalue weighted by Crippen LogP contribution is -2.30. The molecule has 4 nitrogen and oxygen atoms in total. The van der Waals surface area contributed by atoms with E-state index in [1.807, 2.05) is 0 Å². The number of nitriles is 1. The van der Waals surface area contributed by atoms with Gasteiger partial charge in [-0.1, -0.05) is 0 Å². The van der Waals surface area contributed by atoms with Crippen molar-refractivity contribution in [1.82, 2.24) is 9.88 Å². The molecule has 0 aliphatic carbocycles. The average molecular weight is 282 g/mol. The van der Waals surface area contributed by atoms with Gasteiger partial charge in [0.2, 0.25) is 0 Å². The van der Waals surface area contributed by atoms with Crippen molar-refractivity contribution in [2.75, 3.05) is 13.6 Å². The number of nitrogens with zero attached hydrogens (tertiary/aromatic N) is 3. The van der Waals surface area contributed by atoms with Crippen molar-refractivity contribution in [1.29, 1.82) is 5.26 Å². The fourth-order valence-electron chi connectivity index (χ4n) is 1.28. The molecular formula is C11H12BrN3O. The molecule has 1 rings (SSSR count). The molecule has 0 fully saturated rings. The number of carbonyl (C=O) groups is 1. The monoisotopic (exact) mass is 281 g/mol. The van der Waals surface area contributed by atoms with E-state index >= 15 is 0 Å². The number of hydrogen-bond donors (Lipinski definition) is 0. The highest BCUT2D eigenvalue weighted by Gasteiger charge is 2.14. The SMILES string of the molecule is CC(C#N)CN(C)C(=O)c1cncc(Br)c1. The van der Waals surface area contributed by atoms with Crippen LogP contribution in [0.15, 0.2) is 22.9 Å². The molecular weight excluding hydrogens is 270 g/mol. The van der Waals surface area contributed by atoms with E-state index in [0.717, 1.165) is 4.47 Å². The van der Waals surface area contributed by atoms with Crippen molar-refractivity contribution in [3.8, 4) is 6.07 Å². The highest BCUT2D eigenvalue weighted by Crippen LogP contribution is 2.11. The molecule has 1 aromatic heterocycles. The van der Waals surface area contributed by atoms with Crippen LogP contribution in [-0.2, 0) is 0 Å².